The molecule has 16 heavy (non-hydrogen) atoms. The molecule has 0 unspecified atom stereocenters. The molecule has 0 aromatic heterocycles. The van der Waals surface area contributed by atoms with Crippen molar-refractivity contribution in [2.45, 2.75) is 13.3 Å². The van der Waals surface area contributed by atoms with Gasteiger partial charge in [0.2, 0.25) is 5.91 Å². The summed E-state index contributed by atoms with van der Waals surface area (Å²) in [5, 5.41) is 10.7. The molecule has 0 aliphatic heterocycles. The van der Waals surface area contributed by atoms with E-state index in [1.165, 1.54) is 12.1 Å². The van der Waals surface area contributed by atoms with Crippen LogP contribution in [-0.4, -0.2) is 12.5 Å². The maximum absolute atomic E-state index is 13.3. The first-order chi connectivity index (χ1) is 7.67. The molecular weight excluding hydrogens is 211 g/mol. The highest BCUT2D eigenvalue weighted by atomic mass is 19.1. The van der Waals surface area contributed by atoms with Crippen molar-refractivity contribution < 1.29 is 13.9 Å². The lowest BCUT2D eigenvalue weighted by Gasteiger charge is -2.07. The van der Waals surface area contributed by atoms with Crippen LogP contribution in [0.25, 0.3) is 0 Å². The minimum atomic E-state index is -0.545. The van der Waals surface area contributed by atoms with Crippen LogP contribution in [0.4, 0.5) is 10.1 Å². The van der Waals surface area contributed by atoms with E-state index in [9.17, 15) is 9.18 Å². The summed E-state index contributed by atoms with van der Waals surface area (Å²) in [4.78, 5) is 11.0. The number of hydrogen-bond donors (Lipinski definition) is 1. The summed E-state index contributed by atoms with van der Waals surface area (Å²) in [6, 6.07) is 5.81. The number of hydrogen-bond acceptors (Lipinski definition) is 3. The molecule has 1 aromatic rings. The van der Waals surface area contributed by atoms with Crippen LogP contribution < -0.4 is 10.1 Å². The molecule has 0 bridgehead atoms. The average Bonchev–Trinajstić information content (AvgIpc) is 2.22. The van der Waals surface area contributed by atoms with E-state index in [0.29, 0.717) is 12.3 Å². The summed E-state index contributed by atoms with van der Waals surface area (Å²) < 4.78 is 18.3. The van der Waals surface area contributed by atoms with Gasteiger partial charge in [-0.3, -0.25) is 4.79 Å². The zero-order chi connectivity index (χ0) is 12.0. The number of ether oxygens (including phenoxy) is 1. The molecule has 0 spiro atoms. The molecule has 0 atom stereocenters. The lowest BCUT2D eigenvalue weighted by Crippen LogP contribution is -2.10. The van der Waals surface area contributed by atoms with Gasteiger partial charge in [-0.15, -0.1) is 0 Å². The minimum absolute atomic E-state index is 0.140. The lowest BCUT2D eigenvalue weighted by molar-refractivity contribution is -0.115. The zero-order valence-electron chi connectivity index (χ0n) is 8.79. The van der Waals surface area contributed by atoms with E-state index in [1.807, 2.05) is 0 Å². The number of halogens is 1. The van der Waals surface area contributed by atoms with Gasteiger partial charge < -0.3 is 10.1 Å². The van der Waals surface area contributed by atoms with Crippen molar-refractivity contribution in [3.8, 4) is 11.8 Å². The van der Waals surface area contributed by atoms with Gasteiger partial charge in [0.15, 0.2) is 11.6 Å². The fourth-order valence-corrected chi connectivity index (χ4v) is 1.13. The van der Waals surface area contributed by atoms with Crippen molar-refractivity contribution in [2.24, 2.45) is 0 Å². The molecule has 0 fully saturated rings. The van der Waals surface area contributed by atoms with Crippen molar-refractivity contribution in [2.75, 3.05) is 11.9 Å². The van der Waals surface area contributed by atoms with Gasteiger partial charge in [0.1, 0.15) is 6.42 Å². The summed E-state index contributed by atoms with van der Waals surface area (Å²) in [6.45, 7) is 2.12. The second-order valence-electron chi connectivity index (χ2n) is 2.96. The molecule has 0 heterocycles. The Balaban J connectivity index is 2.74. The van der Waals surface area contributed by atoms with Crippen LogP contribution in [0.3, 0.4) is 0 Å². The van der Waals surface area contributed by atoms with Crippen LogP contribution in [0.15, 0.2) is 18.2 Å². The first-order valence-corrected chi connectivity index (χ1v) is 4.76. The lowest BCUT2D eigenvalue weighted by atomic mass is 10.3. The summed E-state index contributed by atoms with van der Waals surface area (Å²) in [7, 11) is 0. The Labute approximate surface area is 92.6 Å². The third kappa shape index (κ3) is 3.24. The molecule has 1 aromatic carbocycles. The monoisotopic (exact) mass is 222 g/mol. The van der Waals surface area contributed by atoms with E-state index < -0.39 is 11.7 Å². The van der Waals surface area contributed by atoms with Crippen molar-refractivity contribution in [3.05, 3.63) is 24.0 Å². The van der Waals surface area contributed by atoms with Gasteiger partial charge in [0, 0.05) is 11.8 Å². The predicted molar refractivity (Wildman–Crippen MR) is 56.4 cm³/mol. The number of carbonyl (C=O) groups excluding carboxylic acids is 1. The van der Waals surface area contributed by atoms with Gasteiger partial charge in [0.05, 0.1) is 12.7 Å². The number of benzene rings is 1. The number of nitriles is 1. The van der Waals surface area contributed by atoms with Crippen molar-refractivity contribution in [1.82, 2.24) is 0 Å². The van der Waals surface area contributed by atoms with Crippen LogP contribution in [-0.2, 0) is 4.79 Å². The number of carbonyl (C=O) groups is 1. The van der Waals surface area contributed by atoms with Gasteiger partial charge in [-0.25, -0.2) is 4.39 Å². The Morgan fingerprint density at radius 2 is 2.38 bits per heavy atom. The number of anilines is 1. The smallest absolute Gasteiger partial charge is 0.238 e. The van der Waals surface area contributed by atoms with Crippen LogP contribution in [0, 0.1) is 17.1 Å². The highest BCUT2D eigenvalue weighted by Gasteiger charge is 2.06. The first-order valence-electron chi connectivity index (χ1n) is 4.76. The van der Waals surface area contributed by atoms with Gasteiger partial charge in [0.25, 0.3) is 0 Å². The SMILES string of the molecule is CCOc1ccc(NC(=O)CC#N)cc1F. The van der Waals surface area contributed by atoms with Crippen LogP contribution in [0.1, 0.15) is 13.3 Å². The fourth-order valence-electron chi connectivity index (χ4n) is 1.13. The molecule has 1 rings (SSSR count). The summed E-state index contributed by atoms with van der Waals surface area (Å²) in [5.74, 6) is -0.872. The van der Waals surface area contributed by atoms with Gasteiger partial charge in [-0.2, -0.15) is 5.26 Å². The molecule has 0 saturated carbocycles. The average molecular weight is 222 g/mol. The molecule has 84 valence electrons. The van der Waals surface area contributed by atoms with Gasteiger partial charge in [-0.05, 0) is 19.1 Å². The second kappa shape index (κ2) is 5.71. The third-order valence-electron chi connectivity index (χ3n) is 1.76. The molecule has 1 amide bonds. The number of nitrogens with zero attached hydrogens (tertiary/aromatic N) is 1. The highest BCUT2D eigenvalue weighted by Crippen LogP contribution is 2.21. The summed E-state index contributed by atoms with van der Waals surface area (Å²) >= 11 is 0. The summed E-state index contributed by atoms with van der Waals surface area (Å²) in [5.41, 5.74) is 0.307. The van der Waals surface area contributed by atoms with E-state index in [4.69, 9.17) is 10.00 Å². The van der Waals surface area contributed by atoms with E-state index in [0.717, 1.165) is 6.07 Å². The Morgan fingerprint density at radius 3 is 2.94 bits per heavy atom. The zero-order valence-corrected chi connectivity index (χ0v) is 8.79. The first kappa shape index (κ1) is 12.0. The molecule has 0 radical (unpaired) electrons. The molecule has 5 heteroatoms. The molecular formula is C11H11FN2O2. The minimum Gasteiger partial charge on any atom is -0.491 e. The maximum atomic E-state index is 13.3. The van der Waals surface area contributed by atoms with E-state index >= 15 is 0 Å². The van der Waals surface area contributed by atoms with E-state index in [2.05, 4.69) is 5.32 Å². The van der Waals surface area contributed by atoms with E-state index in [1.54, 1.807) is 13.0 Å². The highest BCUT2D eigenvalue weighted by molar-refractivity contribution is 5.92. The molecule has 4 nitrogen and oxygen atoms in total. The Bertz CT molecular complexity index is 426. The van der Waals surface area contributed by atoms with Crippen molar-refractivity contribution in [3.63, 3.8) is 0 Å². The third-order valence-corrected chi connectivity index (χ3v) is 1.76. The maximum Gasteiger partial charge on any atom is 0.238 e. The Kier molecular flexibility index (Phi) is 4.28. The predicted octanol–water partition coefficient (Wildman–Crippen LogP) is 2.08. The number of nitrogens with one attached hydrogen (secondary N) is 1. The number of rotatable bonds is 4. The van der Waals surface area contributed by atoms with Crippen LogP contribution in [0.2, 0.25) is 0 Å². The standard InChI is InChI=1S/C11H11FN2O2/c1-2-16-10-4-3-8(7-9(10)12)14-11(15)5-6-13/h3-4,7H,2,5H2,1H3,(H,14,15). The van der Waals surface area contributed by atoms with Gasteiger partial charge in [-0.1, -0.05) is 0 Å². The fraction of sp³-hybridized carbons (Fsp3) is 0.273. The van der Waals surface area contributed by atoms with Crippen LogP contribution in [0.5, 0.6) is 5.75 Å². The normalized spacial score (nSPS) is 9.31. The molecule has 0 saturated heterocycles. The largest absolute Gasteiger partial charge is 0.491 e. The molecule has 0 aliphatic carbocycles. The number of amides is 1. The van der Waals surface area contributed by atoms with E-state index in [-0.39, 0.29) is 12.2 Å². The second-order valence-corrected chi connectivity index (χ2v) is 2.96. The molecule has 0 aliphatic rings. The van der Waals surface area contributed by atoms with Crippen molar-refractivity contribution >= 4 is 11.6 Å². The Morgan fingerprint density at radius 1 is 1.62 bits per heavy atom. The van der Waals surface area contributed by atoms with Gasteiger partial charge >= 0.3 is 0 Å². The van der Waals surface area contributed by atoms with Crippen LogP contribution >= 0.6 is 0 Å². The van der Waals surface area contributed by atoms with Crippen molar-refractivity contribution in [1.29, 1.82) is 5.26 Å². The Hall–Kier alpha value is -2.09. The molecule has 1 N–H and O–H groups in total. The topological polar surface area (TPSA) is 62.1 Å². The quantitative estimate of drug-likeness (QED) is 0.848. The summed E-state index contributed by atoms with van der Waals surface area (Å²) in [6.07, 6.45) is -0.255.